The molecular formula is C28H38ClNO3. The standard InChI is InChI=1S/C28H38ClNO3/c1-20(2)25(21-6-12-24(32-5)13-7-21)14-16-30-26(31)18-28(15-17-33-27(3,4)19-28)22-8-10-23(29)11-9-22/h6-13,20,25H,14-19H2,1-5H3,(H,30,31)/t25-,28-/m1/s1. The van der Waals surface area contributed by atoms with Gasteiger partial charge in [0.15, 0.2) is 0 Å². The van der Waals surface area contributed by atoms with Crippen molar-refractivity contribution in [2.75, 3.05) is 20.3 Å². The molecule has 0 aromatic heterocycles. The number of benzene rings is 2. The van der Waals surface area contributed by atoms with E-state index in [1.807, 2.05) is 24.3 Å². The Morgan fingerprint density at radius 1 is 1.12 bits per heavy atom. The number of ether oxygens (including phenoxy) is 2. The first-order chi connectivity index (χ1) is 15.6. The molecule has 1 N–H and O–H groups in total. The molecule has 1 heterocycles. The van der Waals surface area contributed by atoms with Crippen molar-refractivity contribution in [3.8, 4) is 5.75 Å². The number of hydrogen-bond acceptors (Lipinski definition) is 3. The first kappa shape index (κ1) is 25.6. The van der Waals surface area contributed by atoms with Crippen LogP contribution in [0.15, 0.2) is 48.5 Å². The smallest absolute Gasteiger partial charge is 0.220 e. The molecule has 0 spiro atoms. The summed E-state index contributed by atoms with van der Waals surface area (Å²) >= 11 is 6.14. The maximum atomic E-state index is 13.1. The predicted molar refractivity (Wildman–Crippen MR) is 135 cm³/mol. The van der Waals surface area contributed by atoms with Gasteiger partial charge in [0.1, 0.15) is 5.75 Å². The van der Waals surface area contributed by atoms with Gasteiger partial charge in [-0.25, -0.2) is 0 Å². The van der Waals surface area contributed by atoms with Gasteiger partial charge in [-0.1, -0.05) is 49.7 Å². The fourth-order valence-corrected chi connectivity index (χ4v) is 5.38. The highest BCUT2D eigenvalue weighted by atomic mass is 35.5. The maximum Gasteiger partial charge on any atom is 0.220 e. The molecule has 0 radical (unpaired) electrons. The molecule has 1 aliphatic rings. The Balaban J connectivity index is 1.66. The zero-order valence-corrected chi connectivity index (χ0v) is 21.4. The van der Waals surface area contributed by atoms with Gasteiger partial charge < -0.3 is 14.8 Å². The van der Waals surface area contributed by atoms with E-state index >= 15 is 0 Å². The molecule has 0 unspecified atom stereocenters. The summed E-state index contributed by atoms with van der Waals surface area (Å²) in [6.07, 6.45) is 2.98. The molecular weight excluding hydrogens is 434 g/mol. The minimum atomic E-state index is -0.269. The molecule has 1 amide bonds. The molecule has 5 heteroatoms. The van der Waals surface area contributed by atoms with Crippen LogP contribution in [0.4, 0.5) is 0 Å². The summed E-state index contributed by atoms with van der Waals surface area (Å²) in [6, 6.07) is 16.2. The first-order valence-corrected chi connectivity index (χ1v) is 12.3. The number of hydrogen-bond donors (Lipinski definition) is 1. The third kappa shape index (κ3) is 6.74. The first-order valence-electron chi connectivity index (χ1n) is 11.9. The molecule has 4 nitrogen and oxygen atoms in total. The summed E-state index contributed by atoms with van der Waals surface area (Å²) < 4.78 is 11.3. The van der Waals surface area contributed by atoms with Crippen molar-refractivity contribution in [3.63, 3.8) is 0 Å². The van der Waals surface area contributed by atoms with Crippen LogP contribution in [0.1, 0.15) is 70.4 Å². The van der Waals surface area contributed by atoms with Crippen molar-refractivity contribution in [2.24, 2.45) is 5.92 Å². The van der Waals surface area contributed by atoms with Crippen molar-refractivity contribution in [2.45, 2.75) is 70.3 Å². The summed E-state index contributed by atoms with van der Waals surface area (Å²) in [5, 5.41) is 3.92. The van der Waals surface area contributed by atoms with E-state index in [0.29, 0.717) is 36.4 Å². The highest BCUT2D eigenvalue weighted by Gasteiger charge is 2.43. The fraction of sp³-hybridized carbons (Fsp3) is 0.536. The largest absolute Gasteiger partial charge is 0.497 e. The lowest BCUT2D eigenvalue weighted by molar-refractivity contribution is -0.126. The number of amides is 1. The molecule has 2 atom stereocenters. The second kappa shape index (κ2) is 10.9. The van der Waals surface area contributed by atoms with E-state index in [-0.39, 0.29) is 16.9 Å². The average Bonchev–Trinajstić information content (AvgIpc) is 2.76. The van der Waals surface area contributed by atoms with Crippen molar-refractivity contribution in [1.82, 2.24) is 5.32 Å². The van der Waals surface area contributed by atoms with Crippen molar-refractivity contribution < 1.29 is 14.3 Å². The Morgan fingerprint density at radius 3 is 2.36 bits per heavy atom. The Labute approximate surface area is 204 Å². The summed E-state index contributed by atoms with van der Waals surface area (Å²) in [7, 11) is 1.68. The van der Waals surface area contributed by atoms with E-state index in [2.05, 4.69) is 57.3 Å². The summed E-state index contributed by atoms with van der Waals surface area (Å²) in [5.74, 6) is 1.82. The van der Waals surface area contributed by atoms with E-state index in [1.165, 1.54) is 5.56 Å². The van der Waals surface area contributed by atoms with Crippen LogP contribution in [0.2, 0.25) is 5.02 Å². The number of methoxy groups -OCH3 is 1. The number of carbonyl (C=O) groups is 1. The predicted octanol–water partition coefficient (Wildman–Crippen LogP) is 6.51. The quantitative estimate of drug-likeness (QED) is 0.453. The van der Waals surface area contributed by atoms with Crippen LogP contribution in [0.5, 0.6) is 5.75 Å². The van der Waals surface area contributed by atoms with Gasteiger partial charge in [-0.3, -0.25) is 4.79 Å². The van der Waals surface area contributed by atoms with Crippen LogP contribution in [-0.2, 0) is 14.9 Å². The molecule has 0 bridgehead atoms. The highest BCUT2D eigenvalue weighted by molar-refractivity contribution is 6.30. The molecule has 3 rings (SSSR count). The van der Waals surface area contributed by atoms with Crippen LogP contribution < -0.4 is 10.1 Å². The molecule has 1 fully saturated rings. The van der Waals surface area contributed by atoms with Gasteiger partial charge in [0.05, 0.1) is 12.7 Å². The number of halogens is 1. The molecule has 2 aromatic carbocycles. The van der Waals surface area contributed by atoms with Gasteiger partial charge in [-0.05, 0) is 80.3 Å². The SMILES string of the molecule is COc1ccc([C@H](CCNC(=O)C[C@]2(c3ccc(Cl)cc3)CCOC(C)(C)C2)C(C)C)cc1. The zero-order valence-electron chi connectivity index (χ0n) is 20.6. The Morgan fingerprint density at radius 2 is 1.79 bits per heavy atom. The highest BCUT2D eigenvalue weighted by Crippen LogP contribution is 2.44. The molecule has 0 saturated carbocycles. The van der Waals surface area contributed by atoms with E-state index < -0.39 is 0 Å². The molecule has 1 saturated heterocycles. The van der Waals surface area contributed by atoms with Crippen LogP contribution >= 0.6 is 11.6 Å². The van der Waals surface area contributed by atoms with Crippen LogP contribution in [0.3, 0.4) is 0 Å². The van der Waals surface area contributed by atoms with E-state index in [0.717, 1.165) is 30.6 Å². The Bertz CT molecular complexity index is 908. The normalized spacial score (nSPS) is 20.9. The van der Waals surface area contributed by atoms with Crippen molar-refractivity contribution in [1.29, 1.82) is 0 Å². The molecule has 1 aliphatic heterocycles. The average molecular weight is 472 g/mol. The van der Waals surface area contributed by atoms with Crippen molar-refractivity contribution >= 4 is 17.5 Å². The van der Waals surface area contributed by atoms with Crippen LogP contribution in [0, 0.1) is 5.92 Å². The van der Waals surface area contributed by atoms with Crippen LogP contribution in [0.25, 0.3) is 0 Å². The molecule has 0 aliphatic carbocycles. The lowest BCUT2D eigenvalue weighted by Crippen LogP contribution is -2.46. The lowest BCUT2D eigenvalue weighted by Gasteiger charge is -2.45. The summed E-state index contributed by atoms with van der Waals surface area (Å²) in [6.45, 7) is 9.99. The van der Waals surface area contributed by atoms with Gasteiger partial charge in [0.2, 0.25) is 5.91 Å². The maximum absolute atomic E-state index is 13.1. The third-order valence-electron chi connectivity index (χ3n) is 6.92. The number of carbonyl (C=O) groups excluding carboxylic acids is 1. The Kier molecular flexibility index (Phi) is 8.47. The second-order valence-corrected chi connectivity index (χ2v) is 10.7. The molecule has 180 valence electrons. The third-order valence-corrected chi connectivity index (χ3v) is 7.17. The van der Waals surface area contributed by atoms with Gasteiger partial charge in [-0.15, -0.1) is 0 Å². The summed E-state index contributed by atoms with van der Waals surface area (Å²) in [4.78, 5) is 13.1. The van der Waals surface area contributed by atoms with Gasteiger partial charge in [0.25, 0.3) is 0 Å². The lowest BCUT2D eigenvalue weighted by atomic mass is 9.67. The monoisotopic (exact) mass is 471 g/mol. The zero-order chi connectivity index (χ0) is 24.1. The van der Waals surface area contributed by atoms with Gasteiger partial charge in [-0.2, -0.15) is 0 Å². The Hall–Kier alpha value is -2.04. The second-order valence-electron chi connectivity index (χ2n) is 10.3. The van der Waals surface area contributed by atoms with Gasteiger partial charge in [0, 0.05) is 30.0 Å². The number of nitrogens with one attached hydrogen (secondary N) is 1. The molecule has 2 aromatic rings. The van der Waals surface area contributed by atoms with E-state index in [1.54, 1.807) is 7.11 Å². The van der Waals surface area contributed by atoms with E-state index in [9.17, 15) is 4.79 Å². The molecule has 33 heavy (non-hydrogen) atoms. The fourth-order valence-electron chi connectivity index (χ4n) is 5.25. The topological polar surface area (TPSA) is 47.6 Å². The minimum absolute atomic E-state index is 0.0971. The van der Waals surface area contributed by atoms with Crippen LogP contribution in [-0.4, -0.2) is 31.8 Å². The van der Waals surface area contributed by atoms with E-state index in [4.69, 9.17) is 21.1 Å². The van der Waals surface area contributed by atoms with Gasteiger partial charge >= 0.3 is 0 Å². The number of rotatable bonds is 9. The van der Waals surface area contributed by atoms with Crippen molar-refractivity contribution in [3.05, 3.63) is 64.7 Å². The summed E-state index contributed by atoms with van der Waals surface area (Å²) in [5.41, 5.74) is 1.93. The minimum Gasteiger partial charge on any atom is -0.497 e.